The molecule has 1 aromatic carbocycles. The minimum absolute atomic E-state index is 0.0911. The van der Waals surface area contributed by atoms with Crippen molar-refractivity contribution in [1.29, 1.82) is 0 Å². The largest absolute Gasteiger partial charge is 0.465 e. The van der Waals surface area contributed by atoms with Gasteiger partial charge in [0.1, 0.15) is 24.4 Å². The summed E-state index contributed by atoms with van der Waals surface area (Å²) in [4.78, 5) is 50.6. The van der Waals surface area contributed by atoms with E-state index in [0.29, 0.717) is 0 Å². The third-order valence-electron chi connectivity index (χ3n) is 10.2. The standard InChI is InChI=1S/C33H44O12/c1-16-22(37)14-33(31(5,6)41)25(16)27(38)29(45-30(40)20-11-9-8-10-12-20)32(7)24(44-19(4)36)13-23(43-18(3)35)21(15-42-17(2)34)26(32)28(33)39/h8-12,21-24,26-29,37-39,41H,13-15H2,1-7H3/t21-,22+,23+,24+,26+,27-,28+,29+,32-,33+/m1/s1. The number of aliphatic hydroxyl groups excluding tert-OH is 3. The van der Waals surface area contributed by atoms with Crippen LogP contribution in [0.1, 0.15) is 71.7 Å². The van der Waals surface area contributed by atoms with E-state index in [1.807, 2.05) is 0 Å². The number of ether oxygens (including phenoxy) is 4. The highest BCUT2D eigenvalue weighted by Crippen LogP contribution is 2.65. The summed E-state index contributed by atoms with van der Waals surface area (Å²) in [5, 5.41) is 48.0. The Labute approximate surface area is 262 Å². The van der Waals surface area contributed by atoms with Crippen LogP contribution in [0.25, 0.3) is 0 Å². The molecule has 2 fully saturated rings. The van der Waals surface area contributed by atoms with E-state index >= 15 is 0 Å². The molecule has 0 saturated heterocycles. The van der Waals surface area contributed by atoms with Gasteiger partial charge in [0.25, 0.3) is 0 Å². The maximum Gasteiger partial charge on any atom is 0.338 e. The molecule has 0 bridgehead atoms. The summed E-state index contributed by atoms with van der Waals surface area (Å²) in [6.07, 6.45) is -8.70. The van der Waals surface area contributed by atoms with Gasteiger partial charge in [-0.2, -0.15) is 0 Å². The quantitative estimate of drug-likeness (QED) is 0.195. The average molecular weight is 633 g/mol. The topological polar surface area (TPSA) is 186 Å². The van der Waals surface area contributed by atoms with E-state index in [1.54, 1.807) is 32.0 Å². The van der Waals surface area contributed by atoms with Gasteiger partial charge in [0.2, 0.25) is 0 Å². The third-order valence-corrected chi connectivity index (χ3v) is 10.2. The van der Waals surface area contributed by atoms with Crippen LogP contribution >= 0.6 is 0 Å². The maximum atomic E-state index is 13.7. The fourth-order valence-electron chi connectivity index (χ4n) is 8.21. The Morgan fingerprint density at radius 3 is 2.07 bits per heavy atom. The van der Waals surface area contributed by atoms with E-state index < -0.39 is 88.8 Å². The summed E-state index contributed by atoms with van der Waals surface area (Å²) < 4.78 is 23.1. The van der Waals surface area contributed by atoms with Gasteiger partial charge in [0.05, 0.1) is 40.8 Å². The van der Waals surface area contributed by atoms with Crippen molar-refractivity contribution < 1.29 is 58.6 Å². The van der Waals surface area contributed by atoms with Crippen molar-refractivity contribution in [2.24, 2.45) is 22.7 Å². The third kappa shape index (κ3) is 5.89. The number of carbonyl (C=O) groups excluding carboxylic acids is 4. The van der Waals surface area contributed by atoms with Crippen molar-refractivity contribution in [3.8, 4) is 0 Å². The number of fused-ring (bicyclic) bond motifs is 2. The molecule has 0 radical (unpaired) electrons. The first-order chi connectivity index (χ1) is 20.9. The summed E-state index contributed by atoms with van der Waals surface area (Å²) in [6, 6.07) is 8.03. The normalized spacial score (nSPS) is 36.2. The van der Waals surface area contributed by atoms with Gasteiger partial charge in [0.15, 0.2) is 0 Å². The second kappa shape index (κ2) is 12.5. The highest BCUT2D eigenvalue weighted by atomic mass is 16.6. The second-order valence-corrected chi connectivity index (χ2v) is 13.3. The van der Waals surface area contributed by atoms with Crippen LogP contribution in [0.5, 0.6) is 0 Å². The van der Waals surface area contributed by atoms with Crippen LogP contribution in [0.3, 0.4) is 0 Å². The van der Waals surface area contributed by atoms with Crippen molar-refractivity contribution in [1.82, 2.24) is 0 Å². The molecule has 0 unspecified atom stereocenters. The fourth-order valence-corrected chi connectivity index (χ4v) is 8.21. The zero-order chi connectivity index (χ0) is 33.6. The Morgan fingerprint density at radius 2 is 1.53 bits per heavy atom. The summed E-state index contributed by atoms with van der Waals surface area (Å²) >= 11 is 0. The molecule has 12 nitrogen and oxygen atoms in total. The van der Waals surface area contributed by atoms with Crippen molar-refractivity contribution in [2.75, 3.05) is 6.61 Å². The van der Waals surface area contributed by atoms with Crippen LogP contribution in [0.15, 0.2) is 41.5 Å². The van der Waals surface area contributed by atoms with E-state index in [0.717, 1.165) is 0 Å². The van der Waals surface area contributed by atoms with Gasteiger partial charge in [-0.1, -0.05) is 25.1 Å². The van der Waals surface area contributed by atoms with Crippen LogP contribution in [0.2, 0.25) is 0 Å². The van der Waals surface area contributed by atoms with Gasteiger partial charge in [-0.25, -0.2) is 4.79 Å². The van der Waals surface area contributed by atoms with Crippen molar-refractivity contribution in [3.63, 3.8) is 0 Å². The molecule has 3 aliphatic rings. The number of rotatable bonds is 7. The summed E-state index contributed by atoms with van der Waals surface area (Å²) in [7, 11) is 0. The lowest BCUT2D eigenvalue weighted by atomic mass is 9.52. The molecule has 0 aromatic heterocycles. The number of benzene rings is 1. The SMILES string of the molecule is CC(=O)OC[C@H]1[C@H]2[C@H](O)[C@]3(C(C)(C)O)C[C@H](O)C(C)=C3[C@@H](O)[C@H](OC(=O)c3ccccc3)[C@]2(C)[C@@H](OC(C)=O)C[C@@H]1OC(C)=O. The van der Waals surface area contributed by atoms with E-state index in [2.05, 4.69) is 0 Å². The van der Waals surface area contributed by atoms with Gasteiger partial charge in [-0.3, -0.25) is 14.4 Å². The molecule has 1 aromatic rings. The zero-order valence-corrected chi connectivity index (χ0v) is 26.7. The smallest absolute Gasteiger partial charge is 0.338 e. The van der Waals surface area contributed by atoms with E-state index in [9.17, 15) is 39.6 Å². The molecule has 12 heteroatoms. The lowest BCUT2D eigenvalue weighted by molar-refractivity contribution is -0.239. The molecule has 0 spiro atoms. The molecule has 4 rings (SSSR count). The number of hydrogen-bond donors (Lipinski definition) is 4. The molecule has 0 aliphatic heterocycles. The molecule has 0 heterocycles. The molecule has 3 aliphatic carbocycles. The lowest BCUT2D eigenvalue weighted by Gasteiger charge is -2.57. The van der Waals surface area contributed by atoms with Crippen molar-refractivity contribution in [3.05, 3.63) is 47.0 Å². The predicted octanol–water partition coefficient (Wildman–Crippen LogP) is 1.85. The second-order valence-electron chi connectivity index (χ2n) is 13.3. The summed E-state index contributed by atoms with van der Waals surface area (Å²) in [5.41, 5.74) is -4.62. The van der Waals surface area contributed by atoms with Crippen LogP contribution in [-0.2, 0) is 33.3 Å². The highest BCUT2D eigenvalue weighted by Gasteiger charge is 2.73. The minimum atomic E-state index is -1.79. The monoisotopic (exact) mass is 632 g/mol. The van der Waals surface area contributed by atoms with E-state index in [-0.39, 0.29) is 36.2 Å². The Balaban J connectivity index is 2.07. The van der Waals surface area contributed by atoms with E-state index in [1.165, 1.54) is 46.8 Å². The van der Waals surface area contributed by atoms with Crippen LogP contribution in [0, 0.1) is 22.7 Å². The van der Waals surface area contributed by atoms with Gasteiger partial charge in [0, 0.05) is 39.0 Å². The van der Waals surface area contributed by atoms with Crippen LogP contribution in [-0.4, -0.2) is 93.1 Å². The summed E-state index contributed by atoms with van der Waals surface area (Å²) in [6.45, 7) is 9.24. The van der Waals surface area contributed by atoms with Gasteiger partial charge in [-0.05, 0) is 50.5 Å². The highest BCUT2D eigenvalue weighted by molar-refractivity contribution is 5.89. The zero-order valence-electron chi connectivity index (χ0n) is 26.7. The first-order valence-electron chi connectivity index (χ1n) is 15.1. The Bertz CT molecular complexity index is 1350. The van der Waals surface area contributed by atoms with Crippen LogP contribution < -0.4 is 0 Å². The van der Waals surface area contributed by atoms with E-state index in [4.69, 9.17) is 18.9 Å². The lowest BCUT2D eigenvalue weighted by Crippen LogP contribution is -2.66. The first kappa shape index (κ1) is 34.6. The van der Waals surface area contributed by atoms with Gasteiger partial charge < -0.3 is 39.4 Å². The molecule has 2 saturated carbocycles. The van der Waals surface area contributed by atoms with Gasteiger partial charge >= 0.3 is 23.9 Å². The number of aliphatic hydroxyl groups is 4. The van der Waals surface area contributed by atoms with Crippen molar-refractivity contribution >= 4 is 23.9 Å². The summed E-state index contributed by atoms with van der Waals surface area (Å²) in [5.74, 6) is -5.08. The average Bonchev–Trinajstić information content (AvgIpc) is 3.19. The van der Waals surface area contributed by atoms with Crippen LogP contribution in [0.4, 0.5) is 0 Å². The van der Waals surface area contributed by atoms with Crippen molar-refractivity contribution in [2.45, 2.75) is 104 Å². The molecule has 0 amide bonds. The number of hydrogen-bond acceptors (Lipinski definition) is 12. The predicted molar refractivity (Wildman–Crippen MR) is 157 cm³/mol. The Morgan fingerprint density at radius 1 is 0.933 bits per heavy atom. The number of carbonyl (C=O) groups is 4. The molecular weight excluding hydrogens is 588 g/mol. The van der Waals surface area contributed by atoms with Gasteiger partial charge in [-0.15, -0.1) is 0 Å². The Hall–Kier alpha value is -3.32. The molecule has 45 heavy (non-hydrogen) atoms. The molecule has 10 atom stereocenters. The molecule has 4 N–H and O–H groups in total. The Kier molecular flexibility index (Phi) is 9.57. The fraction of sp³-hybridized carbons (Fsp3) is 0.636. The minimum Gasteiger partial charge on any atom is -0.465 e. The molecule has 248 valence electrons. The number of esters is 4. The molecular formula is C33H44O12. The first-order valence-corrected chi connectivity index (χ1v) is 15.1. The maximum absolute atomic E-state index is 13.7.